The molecule has 1 N–H and O–H groups in total. The number of amides is 1. The van der Waals surface area contributed by atoms with Gasteiger partial charge in [-0.2, -0.15) is 0 Å². The zero-order chi connectivity index (χ0) is 18.1. The summed E-state index contributed by atoms with van der Waals surface area (Å²) in [7, 11) is 0. The van der Waals surface area contributed by atoms with Crippen LogP contribution >= 0.6 is 23.2 Å². The van der Waals surface area contributed by atoms with Crippen LogP contribution in [0.15, 0.2) is 48.5 Å². The van der Waals surface area contributed by atoms with Gasteiger partial charge in [-0.15, -0.1) is 0 Å². The third kappa shape index (κ3) is 6.91. The molecule has 0 aliphatic carbocycles. The summed E-state index contributed by atoms with van der Waals surface area (Å²) in [5.74, 6) is -0.0675. The molecule has 1 amide bonds. The monoisotopic (exact) mass is 383 g/mol. The van der Waals surface area contributed by atoms with E-state index in [4.69, 9.17) is 37.4 Å². The molecule has 25 heavy (non-hydrogen) atoms. The van der Waals surface area contributed by atoms with Crippen LogP contribution in [0.3, 0.4) is 0 Å². The Kier molecular flexibility index (Phi) is 7.37. The summed E-state index contributed by atoms with van der Waals surface area (Å²) < 4.78 is 15.0. The van der Waals surface area contributed by atoms with Gasteiger partial charge < -0.3 is 14.2 Å². The summed E-state index contributed by atoms with van der Waals surface area (Å²) in [6.45, 7) is -0.574. The van der Waals surface area contributed by atoms with Crippen LogP contribution < -0.4 is 10.1 Å². The Morgan fingerprint density at radius 1 is 0.960 bits per heavy atom. The molecule has 0 aromatic heterocycles. The molecule has 0 fully saturated rings. The molecule has 0 unspecified atom stereocenters. The molecule has 0 saturated carbocycles. The van der Waals surface area contributed by atoms with E-state index in [1.165, 1.54) is 0 Å². The van der Waals surface area contributed by atoms with Gasteiger partial charge in [0, 0.05) is 0 Å². The number of carbonyl (C=O) groups excluding carboxylic acids is 2. The molecule has 0 spiro atoms. The summed E-state index contributed by atoms with van der Waals surface area (Å²) in [5.41, 5.74) is 0.679. The normalized spacial score (nSPS) is 10.0. The van der Waals surface area contributed by atoms with Crippen LogP contribution in [0.1, 0.15) is 5.56 Å². The molecule has 0 atom stereocenters. The number of para-hydroxylation sites is 1. The molecule has 0 saturated heterocycles. The lowest BCUT2D eigenvalue weighted by molar-refractivity contribution is -0.146. The smallest absolute Gasteiger partial charge is 0.410 e. The van der Waals surface area contributed by atoms with Gasteiger partial charge in [-0.05, 0) is 29.8 Å². The first-order chi connectivity index (χ1) is 12.0. The fraction of sp³-hybridized carbons (Fsp3) is 0.176. The fourth-order valence-electron chi connectivity index (χ4n) is 1.71. The summed E-state index contributed by atoms with van der Waals surface area (Å²) in [6, 6.07) is 13.7. The standard InChI is InChI=1S/C17H15Cl2NO5/c18-14-7-6-12(8-15(14)19)9-24-17(22)20-11-25-16(21)10-23-13-4-2-1-3-5-13/h1-8H,9-11H2,(H,20,22). The Morgan fingerprint density at radius 2 is 1.72 bits per heavy atom. The number of hydrogen-bond donors (Lipinski definition) is 1. The van der Waals surface area contributed by atoms with Gasteiger partial charge in [-0.25, -0.2) is 9.59 Å². The topological polar surface area (TPSA) is 73.9 Å². The van der Waals surface area contributed by atoms with E-state index in [0.29, 0.717) is 21.4 Å². The second kappa shape index (κ2) is 9.76. The maximum Gasteiger partial charge on any atom is 0.410 e. The van der Waals surface area contributed by atoms with E-state index in [-0.39, 0.29) is 19.9 Å². The lowest BCUT2D eigenvalue weighted by Crippen LogP contribution is -2.29. The quantitative estimate of drug-likeness (QED) is 0.581. The highest BCUT2D eigenvalue weighted by molar-refractivity contribution is 6.42. The van der Waals surface area contributed by atoms with Crippen LogP contribution in [-0.2, 0) is 20.9 Å². The predicted octanol–water partition coefficient (Wildman–Crippen LogP) is 3.80. The number of nitrogens with one attached hydrogen (secondary N) is 1. The van der Waals surface area contributed by atoms with Crippen LogP contribution in [0.2, 0.25) is 10.0 Å². The molecule has 8 heteroatoms. The van der Waals surface area contributed by atoms with Crippen LogP contribution in [0, 0.1) is 0 Å². The molecule has 2 aromatic carbocycles. The average Bonchev–Trinajstić information content (AvgIpc) is 2.62. The van der Waals surface area contributed by atoms with E-state index < -0.39 is 12.1 Å². The molecular weight excluding hydrogens is 369 g/mol. The van der Waals surface area contributed by atoms with Crippen molar-refractivity contribution in [3.8, 4) is 5.75 Å². The molecule has 0 bridgehead atoms. The average molecular weight is 384 g/mol. The minimum absolute atomic E-state index is 0.00773. The molecular formula is C17H15Cl2NO5. The van der Waals surface area contributed by atoms with Crippen molar-refractivity contribution in [1.29, 1.82) is 0 Å². The fourth-order valence-corrected chi connectivity index (χ4v) is 2.03. The van der Waals surface area contributed by atoms with Crippen molar-refractivity contribution < 1.29 is 23.8 Å². The number of halogens is 2. The van der Waals surface area contributed by atoms with E-state index >= 15 is 0 Å². The molecule has 0 heterocycles. The minimum Gasteiger partial charge on any atom is -0.482 e. The van der Waals surface area contributed by atoms with Crippen molar-refractivity contribution in [1.82, 2.24) is 5.32 Å². The van der Waals surface area contributed by atoms with Gasteiger partial charge in [0.25, 0.3) is 0 Å². The lowest BCUT2D eigenvalue weighted by Gasteiger charge is -2.09. The number of hydrogen-bond acceptors (Lipinski definition) is 5. The second-order valence-electron chi connectivity index (χ2n) is 4.76. The van der Waals surface area contributed by atoms with Crippen molar-refractivity contribution in [2.45, 2.75) is 6.61 Å². The van der Waals surface area contributed by atoms with Gasteiger partial charge in [0.05, 0.1) is 10.0 Å². The van der Waals surface area contributed by atoms with Gasteiger partial charge in [0.15, 0.2) is 13.3 Å². The maximum absolute atomic E-state index is 11.5. The molecule has 0 aliphatic rings. The molecule has 0 aliphatic heterocycles. The predicted molar refractivity (Wildman–Crippen MR) is 92.7 cm³/mol. The highest BCUT2D eigenvalue weighted by Crippen LogP contribution is 2.22. The van der Waals surface area contributed by atoms with Crippen molar-refractivity contribution >= 4 is 35.3 Å². The molecule has 0 radical (unpaired) electrons. The largest absolute Gasteiger partial charge is 0.482 e. The summed E-state index contributed by atoms with van der Waals surface area (Å²) in [6.07, 6.45) is -0.733. The first kappa shape index (κ1) is 18.9. The third-order valence-electron chi connectivity index (χ3n) is 2.90. The van der Waals surface area contributed by atoms with Crippen LogP contribution in [0.5, 0.6) is 5.75 Å². The van der Waals surface area contributed by atoms with E-state index in [1.54, 1.807) is 42.5 Å². The Labute approximate surface area is 154 Å². The zero-order valence-corrected chi connectivity index (χ0v) is 14.5. The Balaban J connectivity index is 1.61. The van der Waals surface area contributed by atoms with E-state index in [9.17, 15) is 9.59 Å². The number of benzene rings is 2. The first-order valence-electron chi connectivity index (χ1n) is 7.22. The van der Waals surface area contributed by atoms with Crippen molar-refractivity contribution in [3.63, 3.8) is 0 Å². The molecule has 2 rings (SSSR count). The first-order valence-corrected chi connectivity index (χ1v) is 7.98. The SMILES string of the molecule is O=C(COc1ccccc1)OCNC(=O)OCc1ccc(Cl)c(Cl)c1. The highest BCUT2D eigenvalue weighted by atomic mass is 35.5. The van der Waals surface area contributed by atoms with Gasteiger partial charge in [0.1, 0.15) is 12.4 Å². The molecule has 6 nitrogen and oxygen atoms in total. The van der Waals surface area contributed by atoms with Crippen molar-refractivity contribution in [3.05, 3.63) is 64.1 Å². The highest BCUT2D eigenvalue weighted by Gasteiger charge is 2.07. The summed E-state index contributed by atoms with van der Waals surface area (Å²) >= 11 is 11.7. The second-order valence-corrected chi connectivity index (χ2v) is 5.58. The number of alkyl carbamates (subject to hydrolysis) is 1. The van der Waals surface area contributed by atoms with Gasteiger partial charge in [-0.1, -0.05) is 47.5 Å². The van der Waals surface area contributed by atoms with Crippen LogP contribution in [-0.4, -0.2) is 25.4 Å². The van der Waals surface area contributed by atoms with E-state index in [1.807, 2.05) is 6.07 Å². The number of carbonyl (C=O) groups is 2. The Bertz CT molecular complexity index is 724. The van der Waals surface area contributed by atoms with E-state index in [2.05, 4.69) is 5.32 Å². The van der Waals surface area contributed by atoms with Gasteiger partial charge in [-0.3, -0.25) is 5.32 Å². The number of esters is 1. The molecule has 132 valence electrons. The number of rotatable bonds is 7. The minimum atomic E-state index is -0.733. The zero-order valence-electron chi connectivity index (χ0n) is 13.0. The Morgan fingerprint density at radius 3 is 2.44 bits per heavy atom. The van der Waals surface area contributed by atoms with Crippen molar-refractivity contribution in [2.75, 3.05) is 13.3 Å². The van der Waals surface area contributed by atoms with Gasteiger partial charge in [0.2, 0.25) is 0 Å². The lowest BCUT2D eigenvalue weighted by atomic mass is 10.2. The van der Waals surface area contributed by atoms with Gasteiger partial charge >= 0.3 is 12.1 Å². The Hall–Kier alpha value is -2.44. The van der Waals surface area contributed by atoms with E-state index in [0.717, 1.165) is 0 Å². The summed E-state index contributed by atoms with van der Waals surface area (Å²) in [5, 5.41) is 3.08. The third-order valence-corrected chi connectivity index (χ3v) is 3.64. The van der Waals surface area contributed by atoms with Crippen LogP contribution in [0.25, 0.3) is 0 Å². The summed E-state index contributed by atoms with van der Waals surface area (Å²) in [4.78, 5) is 23.0. The molecule has 2 aromatic rings. The van der Waals surface area contributed by atoms with Crippen LogP contribution in [0.4, 0.5) is 4.79 Å². The maximum atomic E-state index is 11.5. The number of ether oxygens (including phenoxy) is 3. The van der Waals surface area contributed by atoms with Crippen molar-refractivity contribution in [2.24, 2.45) is 0 Å².